The summed E-state index contributed by atoms with van der Waals surface area (Å²) in [5, 5.41) is 12.8. The van der Waals surface area contributed by atoms with Crippen molar-refractivity contribution in [1.29, 1.82) is 0 Å². The molecule has 0 aliphatic heterocycles. The van der Waals surface area contributed by atoms with E-state index >= 15 is 0 Å². The summed E-state index contributed by atoms with van der Waals surface area (Å²) in [6.45, 7) is 4.49. The number of aliphatic carboxylic acids is 1. The lowest BCUT2D eigenvalue weighted by Gasteiger charge is -2.17. The highest BCUT2D eigenvalue weighted by molar-refractivity contribution is 9.10. The fourth-order valence-electron chi connectivity index (χ4n) is 1.65. The zero-order valence-corrected chi connectivity index (χ0v) is 12.8. The highest BCUT2D eigenvalue weighted by Crippen LogP contribution is 2.21. The van der Waals surface area contributed by atoms with Crippen LogP contribution in [0, 0.1) is 5.92 Å². The lowest BCUT2D eigenvalue weighted by atomic mass is 10.0. The molecule has 18 heavy (non-hydrogen) atoms. The Morgan fingerprint density at radius 2 is 2.17 bits per heavy atom. The van der Waals surface area contributed by atoms with E-state index in [0.29, 0.717) is 23.9 Å². The predicted molar refractivity (Wildman–Crippen MR) is 76.9 cm³/mol. The van der Waals surface area contributed by atoms with Crippen molar-refractivity contribution in [2.75, 3.05) is 0 Å². The molecule has 1 aromatic carbocycles. The maximum absolute atomic E-state index is 11.1. The number of hydrogen-bond acceptors (Lipinski definition) is 2. The standard InChI is InChI=1S/C13H17BrClNO2/c1-8(2)5-12(13(17)18)16-7-9-6-10(15)3-4-11(9)14/h3-4,6,8,12,16H,5,7H2,1-2H3,(H,17,18)/t12-/m1/s1. The third kappa shape index (κ3) is 4.96. The minimum atomic E-state index is -0.818. The van der Waals surface area contributed by atoms with Gasteiger partial charge in [0, 0.05) is 16.0 Å². The predicted octanol–water partition coefficient (Wildman–Crippen LogP) is 3.69. The first-order valence-electron chi connectivity index (χ1n) is 5.80. The van der Waals surface area contributed by atoms with Crippen molar-refractivity contribution < 1.29 is 9.90 Å². The molecule has 0 aromatic heterocycles. The van der Waals surface area contributed by atoms with E-state index in [-0.39, 0.29) is 0 Å². The quantitative estimate of drug-likeness (QED) is 0.834. The largest absolute Gasteiger partial charge is 0.480 e. The van der Waals surface area contributed by atoms with Gasteiger partial charge < -0.3 is 10.4 Å². The van der Waals surface area contributed by atoms with E-state index < -0.39 is 12.0 Å². The highest BCUT2D eigenvalue weighted by Gasteiger charge is 2.18. The molecule has 1 atom stereocenters. The first-order valence-corrected chi connectivity index (χ1v) is 6.97. The summed E-state index contributed by atoms with van der Waals surface area (Å²) in [4.78, 5) is 11.1. The molecule has 1 rings (SSSR count). The van der Waals surface area contributed by atoms with Crippen molar-refractivity contribution in [3.63, 3.8) is 0 Å². The number of rotatable bonds is 6. The molecule has 0 heterocycles. The van der Waals surface area contributed by atoms with Crippen molar-refractivity contribution in [3.8, 4) is 0 Å². The molecule has 0 spiro atoms. The van der Waals surface area contributed by atoms with Gasteiger partial charge in [-0.2, -0.15) is 0 Å². The Hall–Kier alpha value is -0.580. The topological polar surface area (TPSA) is 49.3 Å². The summed E-state index contributed by atoms with van der Waals surface area (Å²) in [6, 6.07) is 4.94. The number of carboxylic acids is 1. The second-order valence-corrected chi connectivity index (χ2v) is 5.93. The van der Waals surface area contributed by atoms with Gasteiger partial charge in [0.1, 0.15) is 6.04 Å². The van der Waals surface area contributed by atoms with Crippen LogP contribution in [0.15, 0.2) is 22.7 Å². The summed E-state index contributed by atoms with van der Waals surface area (Å²) in [5.41, 5.74) is 0.956. The fraction of sp³-hybridized carbons (Fsp3) is 0.462. The molecule has 0 aliphatic rings. The number of benzene rings is 1. The second kappa shape index (κ2) is 7.12. The van der Waals surface area contributed by atoms with Gasteiger partial charge in [-0.25, -0.2) is 0 Å². The monoisotopic (exact) mass is 333 g/mol. The Morgan fingerprint density at radius 3 is 2.72 bits per heavy atom. The van der Waals surface area contributed by atoms with Gasteiger partial charge in [0.25, 0.3) is 0 Å². The molecule has 3 nitrogen and oxygen atoms in total. The van der Waals surface area contributed by atoms with E-state index in [2.05, 4.69) is 21.2 Å². The fourth-order valence-corrected chi connectivity index (χ4v) is 2.24. The van der Waals surface area contributed by atoms with Crippen LogP contribution < -0.4 is 5.32 Å². The van der Waals surface area contributed by atoms with Crippen molar-refractivity contribution in [2.45, 2.75) is 32.9 Å². The Bertz CT molecular complexity index is 423. The minimum Gasteiger partial charge on any atom is -0.480 e. The van der Waals surface area contributed by atoms with Gasteiger partial charge in [-0.15, -0.1) is 0 Å². The highest BCUT2D eigenvalue weighted by atomic mass is 79.9. The van der Waals surface area contributed by atoms with Crippen LogP contribution in [0.5, 0.6) is 0 Å². The zero-order valence-electron chi connectivity index (χ0n) is 10.4. The molecule has 0 saturated carbocycles. The summed E-state index contributed by atoms with van der Waals surface area (Å²) in [7, 11) is 0. The van der Waals surface area contributed by atoms with E-state index in [1.54, 1.807) is 6.07 Å². The van der Waals surface area contributed by atoms with Crippen LogP contribution in [0.2, 0.25) is 5.02 Å². The number of halogens is 2. The molecule has 0 amide bonds. The lowest BCUT2D eigenvalue weighted by Crippen LogP contribution is -2.37. The molecular weight excluding hydrogens is 318 g/mol. The molecule has 0 aliphatic carbocycles. The van der Waals surface area contributed by atoms with Gasteiger partial charge in [-0.3, -0.25) is 4.79 Å². The van der Waals surface area contributed by atoms with E-state index in [0.717, 1.165) is 10.0 Å². The lowest BCUT2D eigenvalue weighted by molar-refractivity contribution is -0.140. The van der Waals surface area contributed by atoms with Crippen LogP contribution in [-0.4, -0.2) is 17.1 Å². The Labute approximate surface area is 121 Å². The average molecular weight is 335 g/mol. The molecule has 2 N–H and O–H groups in total. The molecule has 0 fully saturated rings. The van der Waals surface area contributed by atoms with Gasteiger partial charge in [0.05, 0.1) is 0 Å². The molecule has 5 heteroatoms. The van der Waals surface area contributed by atoms with Crippen LogP contribution in [-0.2, 0) is 11.3 Å². The molecule has 100 valence electrons. The molecule has 0 radical (unpaired) electrons. The molecule has 0 bridgehead atoms. The maximum Gasteiger partial charge on any atom is 0.320 e. The number of hydrogen-bond donors (Lipinski definition) is 2. The SMILES string of the molecule is CC(C)C[C@@H](NCc1cc(Cl)ccc1Br)C(=O)O. The van der Waals surface area contributed by atoms with Crippen molar-refractivity contribution >= 4 is 33.5 Å². The summed E-state index contributed by atoms with van der Waals surface area (Å²) in [5.74, 6) is -0.483. The number of nitrogens with one attached hydrogen (secondary N) is 1. The van der Waals surface area contributed by atoms with Gasteiger partial charge in [-0.05, 0) is 36.1 Å². The molecular formula is C13H17BrClNO2. The van der Waals surface area contributed by atoms with Crippen molar-refractivity contribution in [3.05, 3.63) is 33.3 Å². The smallest absolute Gasteiger partial charge is 0.320 e. The van der Waals surface area contributed by atoms with Crippen molar-refractivity contribution in [1.82, 2.24) is 5.32 Å². The maximum atomic E-state index is 11.1. The summed E-state index contributed by atoms with van der Waals surface area (Å²) in [6.07, 6.45) is 0.605. The first-order chi connectivity index (χ1) is 8.40. The van der Waals surface area contributed by atoms with E-state index in [1.807, 2.05) is 26.0 Å². The average Bonchev–Trinajstić information content (AvgIpc) is 2.27. The molecule has 0 saturated heterocycles. The molecule has 0 unspecified atom stereocenters. The van der Waals surface area contributed by atoms with Gasteiger partial charge >= 0.3 is 5.97 Å². The van der Waals surface area contributed by atoms with E-state index in [1.165, 1.54) is 0 Å². The molecule has 1 aromatic rings. The second-order valence-electron chi connectivity index (χ2n) is 4.64. The van der Waals surface area contributed by atoms with Crippen LogP contribution in [0.25, 0.3) is 0 Å². The van der Waals surface area contributed by atoms with Crippen molar-refractivity contribution in [2.24, 2.45) is 5.92 Å². The Morgan fingerprint density at radius 1 is 1.50 bits per heavy atom. The van der Waals surface area contributed by atoms with Gasteiger partial charge in [0.15, 0.2) is 0 Å². The Kier molecular flexibility index (Phi) is 6.12. The van der Waals surface area contributed by atoms with Crippen LogP contribution in [0.1, 0.15) is 25.8 Å². The van der Waals surface area contributed by atoms with Crippen LogP contribution >= 0.6 is 27.5 Å². The summed E-state index contributed by atoms with van der Waals surface area (Å²) < 4.78 is 0.924. The zero-order chi connectivity index (χ0) is 13.7. The normalized spacial score (nSPS) is 12.7. The van der Waals surface area contributed by atoms with Gasteiger partial charge in [0.2, 0.25) is 0 Å². The van der Waals surface area contributed by atoms with Crippen LogP contribution in [0.3, 0.4) is 0 Å². The third-order valence-electron chi connectivity index (χ3n) is 2.55. The van der Waals surface area contributed by atoms with Gasteiger partial charge in [-0.1, -0.05) is 41.4 Å². The van der Waals surface area contributed by atoms with Crippen LogP contribution in [0.4, 0.5) is 0 Å². The third-order valence-corrected chi connectivity index (χ3v) is 3.56. The number of carbonyl (C=O) groups is 1. The van der Waals surface area contributed by atoms with E-state index in [9.17, 15) is 4.79 Å². The van der Waals surface area contributed by atoms with E-state index in [4.69, 9.17) is 16.7 Å². The Balaban J connectivity index is 2.66. The number of carboxylic acid groups (broad SMARTS) is 1. The minimum absolute atomic E-state index is 0.335. The first kappa shape index (κ1) is 15.5. The summed E-state index contributed by atoms with van der Waals surface area (Å²) >= 11 is 9.34.